The van der Waals surface area contributed by atoms with Crippen LogP contribution < -0.4 is 0 Å². The second-order valence-electron chi connectivity index (χ2n) is 2.70. The van der Waals surface area contributed by atoms with Crippen LogP contribution in [0.1, 0.15) is 27.2 Å². The molecule has 50 valence electrons. The molecule has 0 rings (SSSR count). The molecule has 8 heavy (non-hydrogen) atoms. The van der Waals surface area contributed by atoms with Gasteiger partial charge in [-0.3, -0.25) is 0 Å². The molecule has 0 aromatic carbocycles. The van der Waals surface area contributed by atoms with Gasteiger partial charge < -0.3 is 0 Å². The second kappa shape index (κ2) is 4.37. The molecule has 0 aliphatic heterocycles. The van der Waals surface area contributed by atoms with Crippen LogP contribution in [0.5, 0.6) is 0 Å². The average Bonchev–Trinajstić information content (AvgIpc) is 1.67. The van der Waals surface area contributed by atoms with Gasteiger partial charge in [-0.15, -0.1) is 0 Å². The zero-order valence-electron chi connectivity index (χ0n) is 5.95. The van der Waals surface area contributed by atoms with Crippen LogP contribution in [0.15, 0.2) is 0 Å². The van der Waals surface area contributed by atoms with E-state index in [0.717, 1.165) is 17.2 Å². The van der Waals surface area contributed by atoms with E-state index in [-0.39, 0.29) is 0 Å². The predicted molar refractivity (Wildman–Crippen MR) is 42.4 cm³/mol. The normalized spacial score (nSPS) is 14.6. The lowest BCUT2D eigenvalue weighted by atomic mass is 9.96. The first-order valence-electron chi connectivity index (χ1n) is 3.24. The summed E-state index contributed by atoms with van der Waals surface area (Å²) in [5, 5.41) is 1.15. The summed E-state index contributed by atoms with van der Waals surface area (Å²) in [5.41, 5.74) is 0. The minimum absolute atomic E-state index is 0.840. The molecule has 0 saturated heterocycles. The highest BCUT2D eigenvalue weighted by Crippen LogP contribution is 2.14. The molecule has 0 aromatic rings. The molecule has 1 heteroatoms. The Bertz CT molecular complexity index is 50.3. The maximum Gasteiger partial charge on any atom is 0.00339 e. The van der Waals surface area contributed by atoms with Crippen molar-refractivity contribution >= 4 is 15.9 Å². The number of hydrogen-bond donors (Lipinski definition) is 0. The molecule has 0 saturated carbocycles. The van der Waals surface area contributed by atoms with E-state index >= 15 is 0 Å². The summed E-state index contributed by atoms with van der Waals surface area (Å²) in [6.07, 6.45) is 1.30. The lowest BCUT2D eigenvalue weighted by molar-refractivity contribution is 0.411. The Hall–Kier alpha value is 0.480. The highest BCUT2D eigenvalue weighted by atomic mass is 79.9. The van der Waals surface area contributed by atoms with Gasteiger partial charge in [0.15, 0.2) is 0 Å². The Morgan fingerprint density at radius 2 is 1.75 bits per heavy atom. The summed E-state index contributed by atoms with van der Waals surface area (Å²) in [4.78, 5) is 0. The number of alkyl halides is 1. The summed E-state index contributed by atoms with van der Waals surface area (Å²) in [5.74, 6) is 1.71. The van der Waals surface area contributed by atoms with E-state index < -0.39 is 0 Å². The predicted octanol–water partition coefficient (Wildman–Crippen LogP) is 3.06. The van der Waals surface area contributed by atoms with Crippen molar-refractivity contribution in [1.82, 2.24) is 0 Å². The zero-order valence-corrected chi connectivity index (χ0v) is 7.53. The lowest BCUT2D eigenvalue weighted by Crippen LogP contribution is -2.03. The lowest BCUT2D eigenvalue weighted by Gasteiger charge is -2.12. The van der Waals surface area contributed by atoms with E-state index in [1.54, 1.807) is 0 Å². The topological polar surface area (TPSA) is 0 Å². The second-order valence-corrected chi connectivity index (χ2v) is 3.49. The quantitative estimate of drug-likeness (QED) is 0.584. The van der Waals surface area contributed by atoms with Crippen molar-refractivity contribution in [2.75, 3.05) is 5.33 Å². The van der Waals surface area contributed by atoms with Crippen LogP contribution in [-0.2, 0) is 0 Å². The van der Waals surface area contributed by atoms with Gasteiger partial charge in [-0.2, -0.15) is 0 Å². The summed E-state index contributed by atoms with van der Waals surface area (Å²) >= 11 is 3.42. The highest BCUT2D eigenvalue weighted by molar-refractivity contribution is 9.09. The van der Waals surface area contributed by atoms with Crippen LogP contribution in [0.3, 0.4) is 0 Å². The molecular weight excluding hydrogens is 164 g/mol. The smallest absolute Gasteiger partial charge is 0.00339 e. The third-order valence-electron chi connectivity index (χ3n) is 1.70. The van der Waals surface area contributed by atoms with Gasteiger partial charge >= 0.3 is 0 Å². The van der Waals surface area contributed by atoms with Crippen molar-refractivity contribution in [3.63, 3.8) is 0 Å². The average molecular weight is 179 g/mol. The summed E-state index contributed by atoms with van der Waals surface area (Å²) < 4.78 is 0. The van der Waals surface area contributed by atoms with E-state index in [1.165, 1.54) is 6.42 Å². The molecule has 0 radical (unpaired) electrons. The number of hydrogen-bond acceptors (Lipinski definition) is 0. The van der Waals surface area contributed by atoms with E-state index in [0.29, 0.717) is 0 Å². The molecule has 0 nitrogen and oxygen atoms in total. The van der Waals surface area contributed by atoms with Crippen LogP contribution in [0.25, 0.3) is 0 Å². The summed E-state index contributed by atoms with van der Waals surface area (Å²) in [7, 11) is 0. The first-order valence-corrected chi connectivity index (χ1v) is 4.36. The monoisotopic (exact) mass is 178 g/mol. The van der Waals surface area contributed by atoms with Gasteiger partial charge in [-0.1, -0.05) is 36.7 Å². The van der Waals surface area contributed by atoms with Crippen molar-refractivity contribution in [2.24, 2.45) is 11.8 Å². The summed E-state index contributed by atoms with van der Waals surface area (Å²) in [6.45, 7) is 6.84. The Kier molecular flexibility index (Phi) is 4.63. The fourth-order valence-corrected chi connectivity index (χ4v) is 1.23. The molecule has 0 unspecified atom stereocenters. The van der Waals surface area contributed by atoms with Crippen molar-refractivity contribution < 1.29 is 0 Å². The third-order valence-corrected chi connectivity index (χ3v) is 2.16. The number of rotatable bonds is 3. The van der Waals surface area contributed by atoms with Crippen LogP contribution in [0.4, 0.5) is 0 Å². The number of halogens is 1. The molecule has 0 aromatic heterocycles. The Morgan fingerprint density at radius 3 is 1.88 bits per heavy atom. The maximum atomic E-state index is 3.42. The fraction of sp³-hybridized carbons (Fsp3) is 1.00. The SMILES string of the molecule is CC(C)[C@@H](C)CCBr. The molecule has 0 fully saturated rings. The highest BCUT2D eigenvalue weighted by Gasteiger charge is 2.03. The van der Waals surface area contributed by atoms with Gasteiger partial charge in [-0.05, 0) is 18.3 Å². The standard InChI is InChI=1S/C7H15Br/c1-6(2)7(3)4-5-8/h6-7H,4-5H2,1-3H3/t7-/m0/s1. The maximum absolute atomic E-state index is 3.42. The Balaban J connectivity index is 3.17. The third kappa shape index (κ3) is 3.48. The molecular formula is C7H15Br. The van der Waals surface area contributed by atoms with Gasteiger partial charge in [0.05, 0.1) is 0 Å². The van der Waals surface area contributed by atoms with Crippen molar-refractivity contribution in [1.29, 1.82) is 0 Å². The Morgan fingerprint density at radius 1 is 1.25 bits per heavy atom. The fourth-order valence-electron chi connectivity index (χ4n) is 0.505. The minimum Gasteiger partial charge on any atom is -0.0928 e. The molecule has 0 spiro atoms. The molecule has 0 aliphatic rings. The van der Waals surface area contributed by atoms with E-state index in [9.17, 15) is 0 Å². The van der Waals surface area contributed by atoms with Crippen LogP contribution in [0, 0.1) is 11.8 Å². The van der Waals surface area contributed by atoms with E-state index in [1.807, 2.05) is 0 Å². The van der Waals surface area contributed by atoms with Gasteiger partial charge in [-0.25, -0.2) is 0 Å². The van der Waals surface area contributed by atoms with Gasteiger partial charge in [0.1, 0.15) is 0 Å². The van der Waals surface area contributed by atoms with Crippen LogP contribution >= 0.6 is 15.9 Å². The van der Waals surface area contributed by atoms with Gasteiger partial charge in [0.25, 0.3) is 0 Å². The van der Waals surface area contributed by atoms with E-state index in [2.05, 4.69) is 36.7 Å². The molecule has 0 bridgehead atoms. The molecule has 0 N–H and O–H groups in total. The van der Waals surface area contributed by atoms with Crippen molar-refractivity contribution in [3.05, 3.63) is 0 Å². The van der Waals surface area contributed by atoms with Crippen LogP contribution in [0.2, 0.25) is 0 Å². The van der Waals surface area contributed by atoms with Gasteiger partial charge in [0, 0.05) is 5.33 Å². The largest absolute Gasteiger partial charge is 0.0928 e. The van der Waals surface area contributed by atoms with Crippen molar-refractivity contribution in [3.8, 4) is 0 Å². The Labute approximate surface area is 60.8 Å². The van der Waals surface area contributed by atoms with Gasteiger partial charge in [0.2, 0.25) is 0 Å². The summed E-state index contributed by atoms with van der Waals surface area (Å²) in [6, 6.07) is 0. The molecule has 1 atom stereocenters. The minimum atomic E-state index is 0.840. The molecule has 0 amide bonds. The molecule has 0 aliphatic carbocycles. The first kappa shape index (κ1) is 8.48. The van der Waals surface area contributed by atoms with E-state index in [4.69, 9.17) is 0 Å². The van der Waals surface area contributed by atoms with Crippen molar-refractivity contribution in [2.45, 2.75) is 27.2 Å². The first-order chi connectivity index (χ1) is 3.68. The van der Waals surface area contributed by atoms with Crippen LogP contribution in [-0.4, -0.2) is 5.33 Å². The zero-order chi connectivity index (χ0) is 6.57. The molecule has 0 heterocycles.